The first kappa shape index (κ1) is 12.5. The largest absolute Gasteiger partial charge is 0.315 e. The molecule has 1 aliphatic rings. The molecule has 0 bridgehead atoms. The molecule has 2 N–H and O–H groups in total. The summed E-state index contributed by atoms with van der Waals surface area (Å²) in [5, 5.41) is 6.83. The van der Waals surface area contributed by atoms with Crippen molar-refractivity contribution < 1.29 is 4.39 Å². The minimum Gasteiger partial charge on any atom is -0.315 e. The number of halogens is 1. The Kier molecular flexibility index (Phi) is 4.13. The molecule has 0 saturated carbocycles. The van der Waals surface area contributed by atoms with Crippen molar-refractivity contribution in [2.45, 2.75) is 32.9 Å². The van der Waals surface area contributed by atoms with Gasteiger partial charge in [0.25, 0.3) is 0 Å². The maximum absolute atomic E-state index is 13.5. The first-order valence-corrected chi connectivity index (χ1v) is 6.37. The molecule has 0 amide bonds. The minimum absolute atomic E-state index is 0.0800. The molecule has 2 nitrogen and oxygen atoms in total. The number of hydrogen-bond donors (Lipinski definition) is 2. The molecule has 0 fully saturated rings. The van der Waals surface area contributed by atoms with Crippen LogP contribution in [0.5, 0.6) is 0 Å². The molecule has 0 saturated heterocycles. The highest BCUT2D eigenvalue weighted by Crippen LogP contribution is 2.19. The van der Waals surface area contributed by atoms with Gasteiger partial charge in [0.2, 0.25) is 0 Å². The lowest BCUT2D eigenvalue weighted by molar-refractivity contribution is 0.423. The van der Waals surface area contributed by atoms with E-state index in [1.165, 1.54) is 6.07 Å². The average molecular weight is 236 g/mol. The molecule has 94 valence electrons. The summed E-state index contributed by atoms with van der Waals surface area (Å²) in [6, 6.07) is 5.80. The molecule has 17 heavy (non-hydrogen) atoms. The first-order valence-electron chi connectivity index (χ1n) is 6.37. The third-order valence-electron chi connectivity index (χ3n) is 3.19. The molecule has 0 spiro atoms. The molecular formula is C14H21FN2. The Bertz CT molecular complexity index is 376. The van der Waals surface area contributed by atoms with E-state index in [0.717, 1.165) is 30.6 Å². The van der Waals surface area contributed by atoms with Gasteiger partial charge in [0.15, 0.2) is 0 Å². The van der Waals surface area contributed by atoms with E-state index < -0.39 is 0 Å². The molecule has 0 radical (unpaired) electrons. The number of hydrogen-bond acceptors (Lipinski definition) is 2. The van der Waals surface area contributed by atoms with Gasteiger partial charge in [-0.25, -0.2) is 4.39 Å². The Morgan fingerprint density at radius 3 is 3.06 bits per heavy atom. The smallest absolute Gasteiger partial charge is 0.127 e. The van der Waals surface area contributed by atoms with Crippen LogP contribution in [-0.4, -0.2) is 19.1 Å². The molecule has 0 aliphatic carbocycles. The Labute approximate surface area is 103 Å². The van der Waals surface area contributed by atoms with Gasteiger partial charge in [0.05, 0.1) is 0 Å². The van der Waals surface area contributed by atoms with Gasteiger partial charge < -0.3 is 10.6 Å². The average Bonchev–Trinajstić information content (AvgIpc) is 2.29. The van der Waals surface area contributed by atoms with Crippen LogP contribution in [-0.2, 0) is 13.0 Å². The van der Waals surface area contributed by atoms with Crippen molar-refractivity contribution in [1.29, 1.82) is 0 Å². The standard InChI is InChI=1S/C14H21FN2/c1-10(2)7-16-8-12-6-11-4-3-5-14(15)13(11)9-17-12/h3-5,10,12,16-17H,6-9H2,1-2H3. The highest BCUT2D eigenvalue weighted by Gasteiger charge is 2.19. The minimum atomic E-state index is -0.0800. The normalized spacial score (nSPS) is 19.4. The van der Waals surface area contributed by atoms with Crippen molar-refractivity contribution in [1.82, 2.24) is 10.6 Å². The second kappa shape index (κ2) is 5.61. The van der Waals surface area contributed by atoms with Crippen LogP contribution in [0.2, 0.25) is 0 Å². The van der Waals surface area contributed by atoms with Crippen LogP contribution in [0.3, 0.4) is 0 Å². The van der Waals surface area contributed by atoms with E-state index in [4.69, 9.17) is 0 Å². The van der Waals surface area contributed by atoms with Crippen molar-refractivity contribution in [2.24, 2.45) is 5.92 Å². The quantitative estimate of drug-likeness (QED) is 0.836. The van der Waals surface area contributed by atoms with Gasteiger partial charge in [0.1, 0.15) is 5.82 Å². The molecule has 1 unspecified atom stereocenters. The van der Waals surface area contributed by atoms with Crippen LogP contribution in [0.25, 0.3) is 0 Å². The van der Waals surface area contributed by atoms with E-state index >= 15 is 0 Å². The van der Waals surface area contributed by atoms with Crippen LogP contribution in [0.1, 0.15) is 25.0 Å². The number of rotatable bonds is 4. The SMILES string of the molecule is CC(C)CNCC1Cc2cccc(F)c2CN1. The summed E-state index contributed by atoms with van der Waals surface area (Å²) in [7, 11) is 0. The maximum Gasteiger partial charge on any atom is 0.127 e. The molecule has 1 aliphatic heterocycles. The maximum atomic E-state index is 13.5. The third kappa shape index (κ3) is 3.27. The molecule has 1 aromatic carbocycles. The molecular weight excluding hydrogens is 215 g/mol. The number of nitrogens with one attached hydrogen (secondary N) is 2. The molecule has 0 aromatic heterocycles. The summed E-state index contributed by atoms with van der Waals surface area (Å²) in [6.07, 6.45) is 0.915. The molecule has 1 heterocycles. The summed E-state index contributed by atoms with van der Waals surface area (Å²) in [5.41, 5.74) is 1.99. The zero-order chi connectivity index (χ0) is 12.3. The lowest BCUT2D eigenvalue weighted by Crippen LogP contribution is -2.43. The van der Waals surface area contributed by atoms with Gasteiger partial charge >= 0.3 is 0 Å². The Balaban J connectivity index is 1.90. The second-order valence-corrected chi connectivity index (χ2v) is 5.21. The molecule has 1 atom stereocenters. The fraction of sp³-hybridized carbons (Fsp3) is 0.571. The van der Waals surface area contributed by atoms with Crippen molar-refractivity contribution in [2.75, 3.05) is 13.1 Å². The van der Waals surface area contributed by atoms with Gasteiger partial charge in [-0.3, -0.25) is 0 Å². The lowest BCUT2D eigenvalue weighted by atomic mass is 9.95. The second-order valence-electron chi connectivity index (χ2n) is 5.21. The van der Waals surface area contributed by atoms with E-state index in [1.807, 2.05) is 6.07 Å². The van der Waals surface area contributed by atoms with Crippen LogP contribution in [0.15, 0.2) is 18.2 Å². The summed E-state index contributed by atoms with van der Waals surface area (Å²) in [5.74, 6) is 0.590. The van der Waals surface area contributed by atoms with Crippen molar-refractivity contribution in [3.05, 3.63) is 35.1 Å². The summed E-state index contributed by atoms with van der Waals surface area (Å²) in [6.45, 7) is 7.04. The predicted molar refractivity (Wildman–Crippen MR) is 68.4 cm³/mol. The van der Waals surface area contributed by atoms with Gasteiger partial charge in [0, 0.05) is 24.7 Å². The monoisotopic (exact) mass is 236 g/mol. The highest BCUT2D eigenvalue weighted by molar-refractivity contribution is 5.31. The van der Waals surface area contributed by atoms with Crippen LogP contribution in [0, 0.1) is 11.7 Å². The van der Waals surface area contributed by atoms with Crippen LogP contribution < -0.4 is 10.6 Å². The molecule has 1 aromatic rings. The van der Waals surface area contributed by atoms with E-state index in [1.54, 1.807) is 6.07 Å². The predicted octanol–water partition coefficient (Wildman–Crippen LogP) is 2.09. The Morgan fingerprint density at radius 1 is 1.47 bits per heavy atom. The van der Waals surface area contributed by atoms with Gasteiger partial charge in [-0.05, 0) is 30.5 Å². The Morgan fingerprint density at radius 2 is 2.29 bits per heavy atom. The lowest BCUT2D eigenvalue weighted by Gasteiger charge is -2.27. The summed E-state index contributed by atoms with van der Waals surface area (Å²) < 4.78 is 13.5. The van der Waals surface area contributed by atoms with Crippen molar-refractivity contribution >= 4 is 0 Å². The third-order valence-corrected chi connectivity index (χ3v) is 3.19. The number of benzene rings is 1. The van der Waals surface area contributed by atoms with Crippen LogP contribution in [0.4, 0.5) is 4.39 Å². The van der Waals surface area contributed by atoms with E-state index in [2.05, 4.69) is 24.5 Å². The highest BCUT2D eigenvalue weighted by atomic mass is 19.1. The fourth-order valence-corrected chi connectivity index (χ4v) is 2.27. The fourth-order valence-electron chi connectivity index (χ4n) is 2.27. The molecule has 3 heteroatoms. The molecule has 2 rings (SSSR count). The summed E-state index contributed by atoms with van der Waals surface area (Å²) >= 11 is 0. The first-order chi connectivity index (χ1) is 8.16. The van der Waals surface area contributed by atoms with Gasteiger partial charge in [-0.1, -0.05) is 26.0 Å². The summed E-state index contributed by atoms with van der Waals surface area (Å²) in [4.78, 5) is 0. The van der Waals surface area contributed by atoms with Crippen LogP contribution >= 0.6 is 0 Å². The topological polar surface area (TPSA) is 24.1 Å². The van der Waals surface area contributed by atoms with Gasteiger partial charge in [-0.2, -0.15) is 0 Å². The number of fused-ring (bicyclic) bond motifs is 1. The zero-order valence-electron chi connectivity index (χ0n) is 10.6. The Hall–Kier alpha value is -0.930. The van der Waals surface area contributed by atoms with E-state index in [0.29, 0.717) is 18.5 Å². The van der Waals surface area contributed by atoms with E-state index in [-0.39, 0.29) is 5.82 Å². The van der Waals surface area contributed by atoms with E-state index in [9.17, 15) is 4.39 Å². The zero-order valence-corrected chi connectivity index (χ0v) is 10.6. The van der Waals surface area contributed by atoms with Crippen molar-refractivity contribution in [3.8, 4) is 0 Å². The van der Waals surface area contributed by atoms with Gasteiger partial charge in [-0.15, -0.1) is 0 Å². The van der Waals surface area contributed by atoms with Crippen molar-refractivity contribution in [3.63, 3.8) is 0 Å².